The number of nitrogens with one attached hydrogen (secondary N) is 1. The topological polar surface area (TPSA) is 75.1 Å². The van der Waals surface area contributed by atoms with Crippen LogP contribution in [0.1, 0.15) is 39.8 Å². The van der Waals surface area contributed by atoms with Crippen molar-refractivity contribution in [3.05, 3.63) is 28.2 Å². The summed E-state index contributed by atoms with van der Waals surface area (Å²) in [7, 11) is -0.659. The molecule has 0 atom stereocenters. The third-order valence-electron chi connectivity index (χ3n) is 4.02. The smallest absolute Gasteiger partial charge is 0.399 e. The molecule has 1 aliphatic rings. The number of hydrogen-bond donors (Lipinski definition) is 1. The van der Waals surface area contributed by atoms with Crippen LogP contribution >= 0.6 is 0 Å². The summed E-state index contributed by atoms with van der Waals surface area (Å²) in [6, 6.07) is 3.57. The Balaban J connectivity index is 2.24. The highest BCUT2D eigenvalue weighted by Gasteiger charge is 2.52. The fourth-order valence-electron chi connectivity index (χ4n) is 2.01. The van der Waals surface area contributed by atoms with E-state index in [4.69, 9.17) is 14.6 Å². The molecule has 1 fully saturated rings. The lowest BCUT2D eigenvalue weighted by molar-refractivity contribution is 0.00578. The summed E-state index contributed by atoms with van der Waals surface area (Å²) in [5.74, 6) is 0. The van der Waals surface area contributed by atoms with Crippen LogP contribution in [0.4, 0.5) is 0 Å². The normalized spacial score (nSPS) is 19.9. The van der Waals surface area contributed by atoms with Gasteiger partial charge in [0.2, 0.25) is 0 Å². The van der Waals surface area contributed by atoms with Crippen LogP contribution in [-0.4, -0.2) is 23.3 Å². The van der Waals surface area contributed by atoms with Gasteiger partial charge in [-0.25, -0.2) is 0 Å². The van der Waals surface area contributed by atoms with Gasteiger partial charge < -0.3 is 14.3 Å². The van der Waals surface area contributed by atoms with Crippen molar-refractivity contribution in [2.24, 2.45) is 0 Å². The summed E-state index contributed by atoms with van der Waals surface area (Å²) in [6.45, 7) is 7.79. The number of H-pyrrole nitrogens is 1. The highest BCUT2D eigenvalue weighted by atomic mass is 16.7. The highest BCUT2D eigenvalue weighted by molar-refractivity contribution is 6.61. The third-order valence-corrected chi connectivity index (χ3v) is 4.02. The second-order valence-corrected chi connectivity index (χ2v) is 6.02. The van der Waals surface area contributed by atoms with E-state index >= 15 is 0 Å². The van der Waals surface area contributed by atoms with E-state index in [0.29, 0.717) is 18.3 Å². The molecule has 0 spiro atoms. The molecule has 6 heteroatoms. The van der Waals surface area contributed by atoms with Crippen molar-refractivity contribution in [1.29, 1.82) is 5.26 Å². The van der Waals surface area contributed by atoms with E-state index in [9.17, 15) is 4.79 Å². The van der Waals surface area contributed by atoms with Gasteiger partial charge in [-0.15, -0.1) is 0 Å². The number of nitriles is 1. The van der Waals surface area contributed by atoms with Gasteiger partial charge in [0.1, 0.15) is 0 Å². The quantitative estimate of drug-likeness (QED) is 0.838. The van der Waals surface area contributed by atoms with Crippen molar-refractivity contribution >= 4 is 12.6 Å². The van der Waals surface area contributed by atoms with Gasteiger partial charge in [0.05, 0.1) is 17.3 Å². The molecule has 1 aromatic heterocycles. The van der Waals surface area contributed by atoms with Gasteiger partial charge in [0, 0.05) is 36.3 Å². The number of aromatic amines is 1. The standard InChI is InChI=1S/C14H19BN2O3/c1-13(2)14(3,4)20-15(19-13)11-9-17-10(6-5-7-16)8-12(11)18/h8-9H,5-6H2,1-4H3,(H,17,18). The average Bonchev–Trinajstić information content (AvgIpc) is 2.55. The fourth-order valence-corrected chi connectivity index (χ4v) is 2.01. The summed E-state index contributed by atoms with van der Waals surface area (Å²) in [5, 5.41) is 8.56. The Labute approximate surface area is 119 Å². The van der Waals surface area contributed by atoms with Crippen molar-refractivity contribution in [1.82, 2.24) is 4.98 Å². The summed E-state index contributed by atoms with van der Waals surface area (Å²) < 4.78 is 11.7. The number of aryl methyl sites for hydroxylation is 1. The first-order valence-corrected chi connectivity index (χ1v) is 6.71. The van der Waals surface area contributed by atoms with Gasteiger partial charge in [0.25, 0.3) is 0 Å². The molecule has 0 bridgehead atoms. The van der Waals surface area contributed by atoms with Gasteiger partial charge in [0.15, 0.2) is 5.43 Å². The molecule has 0 amide bonds. The number of nitrogens with zero attached hydrogens (tertiary/aromatic N) is 1. The Hall–Kier alpha value is -1.58. The van der Waals surface area contributed by atoms with E-state index in [-0.39, 0.29) is 5.43 Å². The monoisotopic (exact) mass is 274 g/mol. The molecule has 1 saturated heterocycles. The van der Waals surface area contributed by atoms with Crippen LogP contribution in [-0.2, 0) is 15.7 Å². The van der Waals surface area contributed by atoms with E-state index in [2.05, 4.69) is 11.1 Å². The number of pyridine rings is 1. The molecule has 1 N–H and O–H groups in total. The molecule has 0 aliphatic carbocycles. The van der Waals surface area contributed by atoms with Gasteiger partial charge in [-0.1, -0.05) is 0 Å². The Morgan fingerprint density at radius 2 is 1.90 bits per heavy atom. The van der Waals surface area contributed by atoms with Gasteiger partial charge >= 0.3 is 7.12 Å². The Morgan fingerprint density at radius 1 is 1.30 bits per heavy atom. The minimum Gasteiger partial charge on any atom is -0.399 e. The minimum absolute atomic E-state index is 0.129. The van der Waals surface area contributed by atoms with Crippen LogP contribution in [0.3, 0.4) is 0 Å². The van der Waals surface area contributed by atoms with E-state index < -0.39 is 18.3 Å². The first-order chi connectivity index (χ1) is 9.27. The molecule has 2 rings (SSSR count). The van der Waals surface area contributed by atoms with Crippen molar-refractivity contribution in [3.63, 3.8) is 0 Å². The second-order valence-electron chi connectivity index (χ2n) is 6.02. The summed E-state index contributed by atoms with van der Waals surface area (Å²) in [4.78, 5) is 15.2. The third kappa shape index (κ3) is 2.65. The predicted molar refractivity (Wildman–Crippen MR) is 76.7 cm³/mol. The number of hydrogen-bond acceptors (Lipinski definition) is 4. The highest BCUT2D eigenvalue weighted by Crippen LogP contribution is 2.36. The maximum absolute atomic E-state index is 12.1. The van der Waals surface area contributed by atoms with E-state index in [1.54, 1.807) is 6.20 Å². The fraction of sp³-hybridized carbons (Fsp3) is 0.571. The van der Waals surface area contributed by atoms with Crippen molar-refractivity contribution in [3.8, 4) is 6.07 Å². The van der Waals surface area contributed by atoms with Crippen LogP contribution in [0.2, 0.25) is 0 Å². The first kappa shape index (κ1) is 14.8. The molecular formula is C14H19BN2O3. The average molecular weight is 274 g/mol. The molecule has 0 unspecified atom stereocenters. The SMILES string of the molecule is CC1(C)OB(c2c[nH]c(CCC#N)cc2=O)OC1(C)C. The van der Waals surface area contributed by atoms with E-state index in [0.717, 1.165) is 5.69 Å². The summed E-state index contributed by atoms with van der Waals surface area (Å²) >= 11 is 0. The predicted octanol–water partition coefficient (Wildman–Crippen LogP) is 1.13. The van der Waals surface area contributed by atoms with Gasteiger partial charge in [-0.3, -0.25) is 4.79 Å². The largest absolute Gasteiger partial charge is 0.500 e. The van der Waals surface area contributed by atoms with Crippen molar-refractivity contribution in [2.75, 3.05) is 0 Å². The second kappa shape index (κ2) is 5.08. The summed E-state index contributed by atoms with van der Waals surface area (Å²) in [5.41, 5.74) is 0.143. The molecule has 1 aliphatic heterocycles. The zero-order chi connectivity index (χ0) is 15.0. The minimum atomic E-state index is -0.659. The zero-order valence-corrected chi connectivity index (χ0v) is 12.3. The first-order valence-electron chi connectivity index (χ1n) is 6.71. The molecule has 0 saturated carbocycles. The Kier molecular flexibility index (Phi) is 3.76. The number of rotatable bonds is 3. The molecular weight excluding hydrogens is 255 g/mol. The maximum atomic E-state index is 12.1. The lowest BCUT2D eigenvalue weighted by atomic mass is 9.80. The van der Waals surface area contributed by atoms with E-state index in [1.165, 1.54) is 6.07 Å². The van der Waals surface area contributed by atoms with Crippen LogP contribution in [0.5, 0.6) is 0 Å². The molecule has 106 valence electrons. The lowest BCUT2D eigenvalue weighted by Gasteiger charge is -2.32. The lowest BCUT2D eigenvalue weighted by Crippen LogP contribution is -2.43. The molecule has 5 nitrogen and oxygen atoms in total. The van der Waals surface area contributed by atoms with Crippen LogP contribution in [0, 0.1) is 11.3 Å². The maximum Gasteiger partial charge on any atom is 0.500 e. The Bertz CT molecular complexity index is 585. The van der Waals surface area contributed by atoms with E-state index in [1.807, 2.05) is 27.7 Å². The molecule has 0 radical (unpaired) electrons. The van der Waals surface area contributed by atoms with Crippen molar-refractivity contribution < 1.29 is 9.31 Å². The summed E-state index contributed by atoms with van der Waals surface area (Å²) in [6.07, 6.45) is 2.54. The Morgan fingerprint density at radius 3 is 2.40 bits per heavy atom. The molecule has 1 aromatic rings. The number of aromatic nitrogens is 1. The molecule has 0 aromatic carbocycles. The van der Waals surface area contributed by atoms with Gasteiger partial charge in [-0.2, -0.15) is 5.26 Å². The van der Waals surface area contributed by atoms with Crippen LogP contribution in [0.15, 0.2) is 17.1 Å². The van der Waals surface area contributed by atoms with Crippen LogP contribution in [0.25, 0.3) is 0 Å². The molecule has 20 heavy (non-hydrogen) atoms. The molecule has 2 heterocycles. The van der Waals surface area contributed by atoms with Crippen LogP contribution < -0.4 is 10.9 Å². The zero-order valence-electron chi connectivity index (χ0n) is 12.3. The van der Waals surface area contributed by atoms with Crippen molar-refractivity contribution in [2.45, 2.75) is 51.7 Å². The van der Waals surface area contributed by atoms with Gasteiger partial charge in [-0.05, 0) is 27.7 Å².